The third-order valence-corrected chi connectivity index (χ3v) is 3.76. The molecule has 0 saturated carbocycles. The van der Waals surface area contributed by atoms with Gasteiger partial charge < -0.3 is 4.74 Å². The summed E-state index contributed by atoms with van der Waals surface area (Å²) in [5.74, 6) is 1.18. The van der Waals surface area contributed by atoms with Crippen LogP contribution in [-0.4, -0.2) is 33.5 Å². The van der Waals surface area contributed by atoms with E-state index in [1.165, 1.54) is 0 Å². The Bertz CT molecular complexity index is 745. The summed E-state index contributed by atoms with van der Waals surface area (Å²) < 4.78 is 5.71. The number of pyridine rings is 1. The topological polar surface area (TPSA) is 68.2 Å². The standard InChI is InChI=1S/C17H20N4O2/c1-10(2)15-13(8-19-12(4)20-15)17(22)21-9-11(3)23-16-14(21)6-5-7-18-16/h5-8,10-11H,9H2,1-4H3/t11-/m0/s1. The highest BCUT2D eigenvalue weighted by atomic mass is 16.5. The molecular weight excluding hydrogens is 292 g/mol. The average Bonchev–Trinajstić information content (AvgIpc) is 2.53. The molecule has 3 rings (SSSR count). The van der Waals surface area contributed by atoms with Crippen molar-refractivity contribution in [1.82, 2.24) is 15.0 Å². The molecule has 1 aliphatic heterocycles. The van der Waals surface area contributed by atoms with Crippen LogP contribution in [0, 0.1) is 6.92 Å². The van der Waals surface area contributed by atoms with E-state index in [0.717, 1.165) is 5.69 Å². The number of aryl methyl sites for hydroxylation is 1. The van der Waals surface area contributed by atoms with Crippen LogP contribution in [0.15, 0.2) is 24.5 Å². The smallest absolute Gasteiger partial charge is 0.261 e. The molecule has 0 N–H and O–H groups in total. The molecule has 0 aliphatic carbocycles. The van der Waals surface area contributed by atoms with E-state index in [9.17, 15) is 4.79 Å². The maximum Gasteiger partial charge on any atom is 0.261 e. The Morgan fingerprint density at radius 3 is 2.91 bits per heavy atom. The molecule has 1 atom stereocenters. The van der Waals surface area contributed by atoms with Crippen molar-refractivity contribution < 1.29 is 9.53 Å². The molecule has 3 heterocycles. The summed E-state index contributed by atoms with van der Waals surface area (Å²) in [6, 6.07) is 3.64. The fraction of sp³-hybridized carbons (Fsp3) is 0.412. The van der Waals surface area contributed by atoms with Gasteiger partial charge in [0.2, 0.25) is 5.88 Å². The van der Waals surface area contributed by atoms with Gasteiger partial charge >= 0.3 is 0 Å². The fourth-order valence-electron chi connectivity index (χ4n) is 2.69. The van der Waals surface area contributed by atoms with E-state index in [4.69, 9.17) is 4.74 Å². The maximum atomic E-state index is 13.1. The summed E-state index contributed by atoms with van der Waals surface area (Å²) in [4.78, 5) is 27.7. The number of rotatable bonds is 2. The van der Waals surface area contributed by atoms with Crippen molar-refractivity contribution in [2.24, 2.45) is 0 Å². The third kappa shape index (κ3) is 2.88. The van der Waals surface area contributed by atoms with Crippen LogP contribution in [0.3, 0.4) is 0 Å². The van der Waals surface area contributed by atoms with Crippen molar-refractivity contribution in [3.8, 4) is 5.88 Å². The Labute approximate surface area is 135 Å². The molecule has 0 aromatic carbocycles. The van der Waals surface area contributed by atoms with Gasteiger partial charge in [0.15, 0.2) is 0 Å². The maximum absolute atomic E-state index is 13.1. The number of hydrogen-bond acceptors (Lipinski definition) is 5. The first-order valence-electron chi connectivity index (χ1n) is 7.74. The van der Waals surface area contributed by atoms with Crippen LogP contribution in [0.1, 0.15) is 48.6 Å². The molecule has 2 aromatic heterocycles. The van der Waals surface area contributed by atoms with Gasteiger partial charge in [-0.25, -0.2) is 15.0 Å². The predicted molar refractivity (Wildman–Crippen MR) is 86.9 cm³/mol. The first kappa shape index (κ1) is 15.4. The molecule has 0 saturated heterocycles. The first-order chi connectivity index (χ1) is 11.0. The summed E-state index contributed by atoms with van der Waals surface area (Å²) in [5, 5.41) is 0. The minimum atomic E-state index is -0.116. The van der Waals surface area contributed by atoms with Crippen molar-refractivity contribution in [2.75, 3.05) is 11.4 Å². The number of nitrogens with zero attached hydrogens (tertiary/aromatic N) is 4. The lowest BCUT2D eigenvalue weighted by Crippen LogP contribution is -2.43. The second-order valence-corrected chi connectivity index (χ2v) is 6.04. The molecule has 6 nitrogen and oxygen atoms in total. The highest BCUT2D eigenvalue weighted by molar-refractivity contribution is 6.07. The van der Waals surface area contributed by atoms with Crippen LogP contribution in [0.4, 0.5) is 5.69 Å². The van der Waals surface area contributed by atoms with Crippen LogP contribution in [-0.2, 0) is 0 Å². The zero-order valence-corrected chi connectivity index (χ0v) is 13.8. The normalized spacial score (nSPS) is 16.9. The molecule has 0 bridgehead atoms. The highest BCUT2D eigenvalue weighted by Crippen LogP contribution is 2.32. The van der Waals surface area contributed by atoms with Crippen LogP contribution in [0.5, 0.6) is 5.88 Å². The Kier molecular flexibility index (Phi) is 3.98. The zero-order valence-electron chi connectivity index (χ0n) is 13.8. The summed E-state index contributed by atoms with van der Waals surface area (Å²) in [7, 11) is 0. The van der Waals surface area contributed by atoms with Crippen LogP contribution >= 0.6 is 0 Å². The number of carbonyl (C=O) groups is 1. The van der Waals surface area contributed by atoms with E-state index in [2.05, 4.69) is 15.0 Å². The number of aromatic nitrogens is 3. The van der Waals surface area contributed by atoms with Crippen molar-refractivity contribution in [2.45, 2.75) is 39.7 Å². The van der Waals surface area contributed by atoms with Crippen LogP contribution in [0.25, 0.3) is 0 Å². The van der Waals surface area contributed by atoms with Gasteiger partial charge in [0, 0.05) is 12.4 Å². The largest absolute Gasteiger partial charge is 0.471 e. The molecule has 0 fully saturated rings. The van der Waals surface area contributed by atoms with Gasteiger partial charge in [0.25, 0.3) is 5.91 Å². The monoisotopic (exact) mass is 312 g/mol. The minimum absolute atomic E-state index is 0.113. The molecule has 2 aromatic rings. The van der Waals surface area contributed by atoms with E-state index in [0.29, 0.717) is 29.5 Å². The number of carbonyl (C=O) groups excluding carboxylic acids is 1. The summed E-state index contributed by atoms with van der Waals surface area (Å²) in [6.45, 7) is 8.28. The van der Waals surface area contributed by atoms with E-state index in [1.807, 2.05) is 33.8 Å². The molecule has 6 heteroatoms. The lowest BCUT2D eigenvalue weighted by molar-refractivity contribution is 0.0956. The van der Waals surface area contributed by atoms with Gasteiger partial charge in [-0.3, -0.25) is 9.69 Å². The van der Waals surface area contributed by atoms with E-state index in [-0.39, 0.29) is 17.9 Å². The number of fused-ring (bicyclic) bond motifs is 1. The number of hydrogen-bond donors (Lipinski definition) is 0. The van der Waals surface area contributed by atoms with Crippen LogP contribution in [0.2, 0.25) is 0 Å². The Balaban J connectivity index is 2.05. The van der Waals surface area contributed by atoms with Crippen LogP contribution < -0.4 is 9.64 Å². The Morgan fingerprint density at radius 1 is 1.39 bits per heavy atom. The average molecular weight is 312 g/mol. The number of amides is 1. The van der Waals surface area contributed by atoms with E-state index in [1.54, 1.807) is 23.4 Å². The Morgan fingerprint density at radius 2 is 2.17 bits per heavy atom. The third-order valence-electron chi connectivity index (χ3n) is 3.76. The predicted octanol–water partition coefficient (Wildman–Crippen LogP) is 2.73. The zero-order chi connectivity index (χ0) is 16.6. The molecule has 0 spiro atoms. The van der Waals surface area contributed by atoms with Gasteiger partial charge in [-0.1, -0.05) is 13.8 Å². The summed E-state index contributed by atoms with van der Waals surface area (Å²) in [5.41, 5.74) is 1.99. The molecule has 120 valence electrons. The van der Waals surface area contributed by atoms with Crippen molar-refractivity contribution >= 4 is 11.6 Å². The number of anilines is 1. The SMILES string of the molecule is Cc1ncc(C(=O)N2C[C@H](C)Oc3ncccc32)c(C(C)C)n1. The second-order valence-electron chi connectivity index (χ2n) is 6.04. The molecule has 0 radical (unpaired) electrons. The molecule has 0 unspecified atom stereocenters. The van der Waals surface area contributed by atoms with Crippen molar-refractivity contribution in [1.29, 1.82) is 0 Å². The van der Waals surface area contributed by atoms with Gasteiger partial charge in [0.05, 0.1) is 17.8 Å². The summed E-state index contributed by atoms with van der Waals surface area (Å²) >= 11 is 0. The molecular formula is C17H20N4O2. The van der Waals surface area contributed by atoms with Gasteiger partial charge in [0.1, 0.15) is 17.6 Å². The molecule has 1 amide bonds. The second kappa shape index (κ2) is 5.95. The Hall–Kier alpha value is -2.50. The van der Waals surface area contributed by atoms with Gasteiger partial charge in [-0.05, 0) is 31.9 Å². The lowest BCUT2D eigenvalue weighted by atomic mass is 10.0. The summed E-state index contributed by atoms with van der Waals surface area (Å²) in [6.07, 6.45) is 3.17. The van der Waals surface area contributed by atoms with Gasteiger partial charge in [-0.15, -0.1) is 0 Å². The van der Waals surface area contributed by atoms with Crippen molar-refractivity contribution in [3.63, 3.8) is 0 Å². The minimum Gasteiger partial charge on any atom is -0.471 e. The fourth-order valence-corrected chi connectivity index (χ4v) is 2.69. The lowest BCUT2D eigenvalue weighted by Gasteiger charge is -2.32. The van der Waals surface area contributed by atoms with Gasteiger partial charge in [-0.2, -0.15) is 0 Å². The highest BCUT2D eigenvalue weighted by Gasteiger charge is 2.31. The molecule has 23 heavy (non-hydrogen) atoms. The van der Waals surface area contributed by atoms with E-state index >= 15 is 0 Å². The van der Waals surface area contributed by atoms with Crippen molar-refractivity contribution in [3.05, 3.63) is 41.6 Å². The quantitative estimate of drug-likeness (QED) is 0.853. The number of ether oxygens (including phenoxy) is 1. The molecule has 1 aliphatic rings. The first-order valence-corrected chi connectivity index (χ1v) is 7.74. The van der Waals surface area contributed by atoms with E-state index < -0.39 is 0 Å².